The molecular weight excluding hydrogens is 232 g/mol. The average Bonchev–Trinajstić information content (AvgIpc) is 2.45. The second-order valence-electron chi connectivity index (χ2n) is 5.62. The normalized spacial score (nSPS) is 20.8. The number of likely N-dealkylation sites (N-methyl/N-ethyl adjacent to an activating group) is 1. The van der Waals surface area contributed by atoms with E-state index in [1.807, 2.05) is 0 Å². The fourth-order valence-corrected chi connectivity index (χ4v) is 3.03. The van der Waals surface area contributed by atoms with Crippen molar-refractivity contribution >= 4 is 10.8 Å². The molecule has 1 atom stereocenters. The average molecular weight is 254 g/mol. The molecule has 1 fully saturated rings. The molecule has 2 heteroatoms. The van der Waals surface area contributed by atoms with Crippen molar-refractivity contribution in [1.82, 2.24) is 10.2 Å². The van der Waals surface area contributed by atoms with E-state index in [1.165, 1.54) is 42.3 Å². The lowest BCUT2D eigenvalue weighted by Crippen LogP contribution is -2.43. The van der Waals surface area contributed by atoms with Gasteiger partial charge in [-0.15, -0.1) is 0 Å². The van der Waals surface area contributed by atoms with E-state index in [0.29, 0.717) is 6.04 Å². The molecule has 1 N–H and O–H groups in total. The summed E-state index contributed by atoms with van der Waals surface area (Å²) in [6.45, 7) is 3.39. The second-order valence-corrected chi connectivity index (χ2v) is 5.62. The van der Waals surface area contributed by atoms with E-state index in [1.54, 1.807) is 0 Å². The van der Waals surface area contributed by atoms with Crippen molar-refractivity contribution in [1.29, 1.82) is 0 Å². The van der Waals surface area contributed by atoms with E-state index in [0.717, 1.165) is 6.54 Å². The Morgan fingerprint density at radius 3 is 2.89 bits per heavy atom. The standard InChI is InChI=1S/C17H22N2/c1-19-11-5-9-16(13-19)18-12-15-8-4-7-14-6-2-3-10-17(14)15/h2-4,6-8,10,16,18H,5,9,11-13H2,1H3. The summed E-state index contributed by atoms with van der Waals surface area (Å²) >= 11 is 0. The van der Waals surface area contributed by atoms with E-state index in [2.05, 4.69) is 59.7 Å². The number of rotatable bonds is 3. The molecule has 2 aromatic rings. The van der Waals surface area contributed by atoms with Gasteiger partial charge in [-0.1, -0.05) is 42.5 Å². The molecule has 1 aliphatic rings. The zero-order valence-electron chi connectivity index (χ0n) is 11.6. The Kier molecular flexibility index (Phi) is 3.81. The van der Waals surface area contributed by atoms with Crippen LogP contribution < -0.4 is 5.32 Å². The van der Waals surface area contributed by atoms with Crippen LogP contribution in [0.5, 0.6) is 0 Å². The van der Waals surface area contributed by atoms with Gasteiger partial charge in [0.2, 0.25) is 0 Å². The number of fused-ring (bicyclic) bond motifs is 1. The first-order valence-corrected chi connectivity index (χ1v) is 7.21. The van der Waals surface area contributed by atoms with Gasteiger partial charge in [0, 0.05) is 19.1 Å². The van der Waals surface area contributed by atoms with Crippen molar-refractivity contribution in [2.24, 2.45) is 0 Å². The highest BCUT2D eigenvalue weighted by Gasteiger charge is 2.16. The van der Waals surface area contributed by atoms with E-state index < -0.39 is 0 Å². The van der Waals surface area contributed by atoms with Crippen LogP contribution in [0.2, 0.25) is 0 Å². The number of likely N-dealkylation sites (tertiary alicyclic amines) is 1. The van der Waals surface area contributed by atoms with Gasteiger partial charge < -0.3 is 10.2 Å². The second kappa shape index (κ2) is 5.72. The maximum Gasteiger partial charge on any atom is 0.0214 e. The summed E-state index contributed by atoms with van der Waals surface area (Å²) in [5, 5.41) is 6.43. The topological polar surface area (TPSA) is 15.3 Å². The highest BCUT2D eigenvalue weighted by Crippen LogP contribution is 2.19. The summed E-state index contributed by atoms with van der Waals surface area (Å²) in [6.07, 6.45) is 2.61. The molecule has 0 saturated carbocycles. The summed E-state index contributed by atoms with van der Waals surface area (Å²) in [7, 11) is 2.21. The lowest BCUT2D eigenvalue weighted by atomic mass is 10.0. The first-order valence-electron chi connectivity index (χ1n) is 7.21. The van der Waals surface area contributed by atoms with Crippen LogP contribution in [-0.4, -0.2) is 31.1 Å². The largest absolute Gasteiger partial charge is 0.309 e. The monoisotopic (exact) mass is 254 g/mol. The summed E-state index contributed by atoms with van der Waals surface area (Å²) in [5.41, 5.74) is 1.41. The number of hydrogen-bond acceptors (Lipinski definition) is 2. The molecule has 0 aliphatic carbocycles. The molecule has 2 aromatic carbocycles. The molecule has 2 nitrogen and oxygen atoms in total. The van der Waals surface area contributed by atoms with Crippen molar-refractivity contribution in [2.75, 3.05) is 20.1 Å². The van der Waals surface area contributed by atoms with Gasteiger partial charge >= 0.3 is 0 Å². The predicted molar refractivity (Wildman–Crippen MR) is 81.3 cm³/mol. The van der Waals surface area contributed by atoms with Gasteiger partial charge in [0.05, 0.1) is 0 Å². The molecule has 0 spiro atoms. The summed E-state index contributed by atoms with van der Waals surface area (Å²) in [5.74, 6) is 0. The molecule has 19 heavy (non-hydrogen) atoms. The van der Waals surface area contributed by atoms with Gasteiger partial charge in [-0.25, -0.2) is 0 Å². The first-order chi connectivity index (χ1) is 9.33. The Bertz CT molecular complexity index is 544. The van der Waals surface area contributed by atoms with Crippen molar-refractivity contribution in [3.05, 3.63) is 48.0 Å². The van der Waals surface area contributed by atoms with Crippen molar-refractivity contribution in [2.45, 2.75) is 25.4 Å². The third-order valence-corrected chi connectivity index (χ3v) is 4.09. The Morgan fingerprint density at radius 1 is 1.16 bits per heavy atom. The zero-order chi connectivity index (χ0) is 13.1. The Hall–Kier alpha value is -1.38. The minimum atomic E-state index is 0.637. The molecule has 0 bridgehead atoms. The quantitative estimate of drug-likeness (QED) is 0.905. The fourth-order valence-electron chi connectivity index (χ4n) is 3.03. The van der Waals surface area contributed by atoms with Gasteiger partial charge in [-0.2, -0.15) is 0 Å². The van der Waals surface area contributed by atoms with Crippen LogP contribution in [0.15, 0.2) is 42.5 Å². The fraction of sp³-hybridized carbons (Fsp3) is 0.412. The van der Waals surface area contributed by atoms with Crippen LogP contribution in [0.3, 0.4) is 0 Å². The SMILES string of the molecule is CN1CCCC(NCc2cccc3ccccc23)C1. The molecule has 0 aromatic heterocycles. The summed E-state index contributed by atoms with van der Waals surface area (Å²) in [6, 6.07) is 15.9. The zero-order valence-corrected chi connectivity index (χ0v) is 11.6. The molecule has 0 radical (unpaired) electrons. The predicted octanol–water partition coefficient (Wildman–Crippen LogP) is 3.02. The van der Waals surface area contributed by atoms with Crippen LogP contribution in [0.25, 0.3) is 10.8 Å². The minimum absolute atomic E-state index is 0.637. The summed E-state index contributed by atoms with van der Waals surface area (Å²) < 4.78 is 0. The van der Waals surface area contributed by atoms with Gasteiger partial charge in [0.1, 0.15) is 0 Å². The smallest absolute Gasteiger partial charge is 0.0214 e. The minimum Gasteiger partial charge on any atom is -0.309 e. The van der Waals surface area contributed by atoms with Crippen LogP contribution in [0.1, 0.15) is 18.4 Å². The lowest BCUT2D eigenvalue weighted by molar-refractivity contribution is 0.226. The third kappa shape index (κ3) is 2.96. The molecule has 1 aliphatic heterocycles. The maximum absolute atomic E-state index is 3.72. The Balaban J connectivity index is 1.71. The number of benzene rings is 2. The van der Waals surface area contributed by atoms with Gasteiger partial charge in [-0.3, -0.25) is 0 Å². The number of nitrogens with one attached hydrogen (secondary N) is 1. The van der Waals surface area contributed by atoms with Crippen LogP contribution >= 0.6 is 0 Å². The number of nitrogens with zero attached hydrogens (tertiary/aromatic N) is 1. The van der Waals surface area contributed by atoms with Crippen molar-refractivity contribution < 1.29 is 0 Å². The molecular formula is C17H22N2. The van der Waals surface area contributed by atoms with Gasteiger partial charge in [-0.05, 0) is 42.8 Å². The lowest BCUT2D eigenvalue weighted by Gasteiger charge is -2.30. The van der Waals surface area contributed by atoms with Crippen LogP contribution in [-0.2, 0) is 6.54 Å². The molecule has 3 rings (SSSR count). The van der Waals surface area contributed by atoms with Gasteiger partial charge in [0.15, 0.2) is 0 Å². The van der Waals surface area contributed by atoms with Crippen LogP contribution in [0.4, 0.5) is 0 Å². The van der Waals surface area contributed by atoms with Crippen molar-refractivity contribution in [3.63, 3.8) is 0 Å². The number of piperidine rings is 1. The summed E-state index contributed by atoms with van der Waals surface area (Å²) in [4.78, 5) is 2.42. The molecule has 1 heterocycles. The van der Waals surface area contributed by atoms with Gasteiger partial charge in [0.25, 0.3) is 0 Å². The number of hydrogen-bond donors (Lipinski definition) is 1. The Labute approximate surface area is 115 Å². The highest BCUT2D eigenvalue weighted by atomic mass is 15.1. The highest BCUT2D eigenvalue weighted by molar-refractivity contribution is 5.85. The third-order valence-electron chi connectivity index (χ3n) is 4.09. The maximum atomic E-state index is 3.72. The van der Waals surface area contributed by atoms with Crippen molar-refractivity contribution in [3.8, 4) is 0 Å². The van der Waals surface area contributed by atoms with E-state index in [4.69, 9.17) is 0 Å². The first kappa shape index (κ1) is 12.6. The molecule has 1 saturated heterocycles. The van der Waals surface area contributed by atoms with E-state index in [-0.39, 0.29) is 0 Å². The van der Waals surface area contributed by atoms with E-state index in [9.17, 15) is 0 Å². The molecule has 100 valence electrons. The Morgan fingerprint density at radius 2 is 2.00 bits per heavy atom. The van der Waals surface area contributed by atoms with E-state index >= 15 is 0 Å². The van der Waals surface area contributed by atoms with Crippen LogP contribution in [0, 0.1) is 0 Å². The molecule has 0 amide bonds. The molecule has 1 unspecified atom stereocenters.